The minimum Gasteiger partial charge on any atom is -1.00 e. The highest BCUT2D eigenvalue weighted by atomic mass is 35.5. The summed E-state index contributed by atoms with van der Waals surface area (Å²) in [6.07, 6.45) is 12.8. The molecule has 0 bridgehead atoms. The second kappa shape index (κ2) is 8.42. The normalized spacial score (nSPS) is 17.4. The van der Waals surface area contributed by atoms with E-state index in [1.54, 1.807) is 0 Å². The van der Waals surface area contributed by atoms with Crippen LogP contribution in [-0.2, 0) is 11.3 Å². The van der Waals surface area contributed by atoms with Gasteiger partial charge < -0.3 is 17.7 Å². The molecule has 2 aromatic rings. The Balaban J connectivity index is 0.00000210. The highest BCUT2D eigenvalue weighted by molar-refractivity contribution is 5.75. The number of carbonyl (C=O) groups is 1. The van der Waals surface area contributed by atoms with Gasteiger partial charge in [-0.2, -0.15) is 9.67 Å². The van der Waals surface area contributed by atoms with Gasteiger partial charge in [-0.15, -0.1) is 0 Å². The Labute approximate surface area is 167 Å². The van der Waals surface area contributed by atoms with Crippen molar-refractivity contribution in [1.29, 1.82) is 0 Å². The van der Waals surface area contributed by atoms with E-state index in [0.717, 1.165) is 24.2 Å². The van der Waals surface area contributed by atoms with Gasteiger partial charge in [-0.1, -0.05) is 19.3 Å². The van der Waals surface area contributed by atoms with Gasteiger partial charge in [0.25, 0.3) is 5.91 Å². The van der Waals surface area contributed by atoms with Crippen molar-refractivity contribution in [2.45, 2.75) is 77.3 Å². The first-order valence-corrected chi connectivity index (χ1v) is 9.97. The third-order valence-corrected chi connectivity index (χ3v) is 5.72. The lowest BCUT2D eigenvalue weighted by molar-refractivity contribution is -0.684. The van der Waals surface area contributed by atoms with Crippen LogP contribution in [0.25, 0.3) is 5.69 Å². The Kier molecular flexibility index (Phi) is 6.20. The van der Waals surface area contributed by atoms with Crippen LogP contribution < -0.4 is 22.3 Å². The van der Waals surface area contributed by atoms with E-state index in [2.05, 4.69) is 29.9 Å². The average Bonchev–Trinajstić information content (AvgIpc) is 3.39. The lowest BCUT2D eigenvalue weighted by Crippen LogP contribution is -3.00. The van der Waals surface area contributed by atoms with Gasteiger partial charge in [0, 0.05) is 17.8 Å². The average molecular weight is 389 g/mol. The van der Waals surface area contributed by atoms with E-state index in [1.807, 2.05) is 23.0 Å². The van der Waals surface area contributed by atoms with Crippen molar-refractivity contribution in [2.24, 2.45) is 0 Å². The smallest absolute Gasteiger partial charge is 0.286 e. The van der Waals surface area contributed by atoms with Crippen molar-refractivity contribution in [3.05, 3.63) is 41.5 Å². The largest absolute Gasteiger partial charge is 1.00 e. The van der Waals surface area contributed by atoms with E-state index < -0.39 is 0 Å². The topological polar surface area (TPSA) is 50.8 Å². The number of hydrogen-bond donors (Lipinski definition) is 1. The fourth-order valence-corrected chi connectivity index (χ4v) is 4.29. The fraction of sp³-hybridized carbons (Fsp3) is 0.571. The molecule has 0 radical (unpaired) electrons. The number of hydrogen-bond acceptors (Lipinski definition) is 2. The molecule has 0 saturated heterocycles. The van der Waals surface area contributed by atoms with Gasteiger partial charge in [-0.05, 0) is 57.1 Å². The first-order valence-electron chi connectivity index (χ1n) is 9.97. The van der Waals surface area contributed by atoms with Gasteiger partial charge in [0.2, 0.25) is 6.54 Å². The van der Waals surface area contributed by atoms with E-state index in [4.69, 9.17) is 5.10 Å². The number of aromatic nitrogens is 3. The molecule has 0 unspecified atom stereocenters. The standard InChI is InChI=1S/C21H28N4O.ClH/c1-15-21(17-7-4-3-5-8-17)16(2)25(23-15)19-9-6-12-24(13-19)14-20(26)22-18-10-11-18;/h6,9,12-13,17-18H,3-5,7-8,10-11,14H2,1-2H3;1H. The van der Waals surface area contributed by atoms with Gasteiger partial charge in [-0.25, -0.2) is 4.68 Å². The van der Waals surface area contributed by atoms with Crippen LogP contribution in [0.5, 0.6) is 0 Å². The van der Waals surface area contributed by atoms with Crippen molar-refractivity contribution in [1.82, 2.24) is 15.1 Å². The third kappa shape index (κ3) is 4.52. The summed E-state index contributed by atoms with van der Waals surface area (Å²) in [5.41, 5.74) is 4.85. The van der Waals surface area contributed by atoms with Crippen LogP contribution in [0, 0.1) is 13.8 Å². The molecular formula is C21H29ClN4O. The lowest BCUT2D eigenvalue weighted by Gasteiger charge is -2.22. The summed E-state index contributed by atoms with van der Waals surface area (Å²) in [5, 5.41) is 7.88. The fourth-order valence-electron chi connectivity index (χ4n) is 4.29. The SMILES string of the molecule is Cc1nn(-c2ccc[n+](CC(=O)NC3CC3)c2)c(C)c1C1CCCCC1.[Cl-]. The monoisotopic (exact) mass is 388 g/mol. The summed E-state index contributed by atoms with van der Waals surface area (Å²) < 4.78 is 4.00. The summed E-state index contributed by atoms with van der Waals surface area (Å²) in [6.45, 7) is 4.67. The van der Waals surface area contributed by atoms with Crippen LogP contribution in [0.2, 0.25) is 0 Å². The molecule has 2 saturated carbocycles. The molecule has 2 heterocycles. The molecular weight excluding hydrogens is 360 g/mol. The quantitative estimate of drug-likeness (QED) is 0.739. The second-order valence-electron chi connectivity index (χ2n) is 7.91. The van der Waals surface area contributed by atoms with E-state index in [0.29, 0.717) is 18.5 Å². The molecule has 146 valence electrons. The van der Waals surface area contributed by atoms with Crippen LogP contribution in [0.4, 0.5) is 0 Å². The van der Waals surface area contributed by atoms with Crippen LogP contribution in [0.1, 0.15) is 67.8 Å². The molecule has 27 heavy (non-hydrogen) atoms. The highest BCUT2D eigenvalue weighted by Crippen LogP contribution is 2.36. The zero-order valence-electron chi connectivity index (χ0n) is 16.2. The lowest BCUT2D eigenvalue weighted by atomic mass is 9.83. The Morgan fingerprint density at radius 3 is 2.67 bits per heavy atom. The maximum atomic E-state index is 12.1. The Morgan fingerprint density at radius 1 is 1.22 bits per heavy atom. The van der Waals surface area contributed by atoms with Crippen molar-refractivity contribution in [3.8, 4) is 5.69 Å². The van der Waals surface area contributed by atoms with E-state index in [1.165, 1.54) is 43.4 Å². The zero-order chi connectivity index (χ0) is 18.1. The Hall–Kier alpha value is -1.88. The first-order chi connectivity index (χ1) is 12.6. The number of halogens is 1. The van der Waals surface area contributed by atoms with Crippen molar-refractivity contribution < 1.29 is 21.8 Å². The van der Waals surface area contributed by atoms with Gasteiger partial charge in [-0.3, -0.25) is 4.79 Å². The van der Waals surface area contributed by atoms with E-state index >= 15 is 0 Å². The molecule has 2 fully saturated rings. The predicted molar refractivity (Wildman–Crippen MR) is 100 cm³/mol. The molecule has 0 aromatic carbocycles. The van der Waals surface area contributed by atoms with Gasteiger partial charge in [0.15, 0.2) is 12.4 Å². The Bertz CT molecular complexity index is 807. The Morgan fingerprint density at radius 2 is 1.96 bits per heavy atom. The van der Waals surface area contributed by atoms with Crippen molar-refractivity contribution in [3.63, 3.8) is 0 Å². The van der Waals surface area contributed by atoms with Gasteiger partial charge >= 0.3 is 0 Å². The minimum absolute atomic E-state index is 0. The molecule has 0 atom stereocenters. The molecule has 4 rings (SSSR count). The van der Waals surface area contributed by atoms with Gasteiger partial charge in [0.1, 0.15) is 5.69 Å². The van der Waals surface area contributed by atoms with Crippen LogP contribution in [0.15, 0.2) is 24.5 Å². The van der Waals surface area contributed by atoms with Gasteiger partial charge in [0.05, 0.1) is 5.69 Å². The second-order valence-corrected chi connectivity index (χ2v) is 7.91. The molecule has 1 amide bonds. The molecule has 5 nitrogen and oxygen atoms in total. The molecule has 1 N–H and O–H groups in total. The van der Waals surface area contributed by atoms with Crippen molar-refractivity contribution >= 4 is 5.91 Å². The van der Waals surface area contributed by atoms with Crippen LogP contribution >= 0.6 is 0 Å². The summed E-state index contributed by atoms with van der Waals surface area (Å²) >= 11 is 0. The first kappa shape index (κ1) is 19.9. The molecule has 2 aromatic heterocycles. The van der Waals surface area contributed by atoms with E-state index in [9.17, 15) is 4.79 Å². The minimum atomic E-state index is 0. The molecule has 0 aliphatic heterocycles. The summed E-state index contributed by atoms with van der Waals surface area (Å²) in [4.78, 5) is 12.1. The zero-order valence-corrected chi connectivity index (χ0v) is 17.0. The maximum absolute atomic E-state index is 12.1. The number of rotatable bonds is 5. The number of amides is 1. The number of carbonyl (C=O) groups excluding carboxylic acids is 1. The number of pyridine rings is 1. The number of nitrogens with zero attached hydrogens (tertiary/aromatic N) is 3. The van der Waals surface area contributed by atoms with Crippen LogP contribution in [-0.4, -0.2) is 21.7 Å². The number of nitrogens with one attached hydrogen (secondary N) is 1. The molecule has 0 spiro atoms. The maximum Gasteiger partial charge on any atom is 0.286 e. The third-order valence-electron chi connectivity index (χ3n) is 5.72. The highest BCUT2D eigenvalue weighted by Gasteiger charge is 2.26. The summed E-state index contributed by atoms with van der Waals surface area (Å²) in [7, 11) is 0. The molecule has 2 aliphatic carbocycles. The summed E-state index contributed by atoms with van der Waals surface area (Å²) in [5.74, 6) is 0.739. The van der Waals surface area contributed by atoms with Crippen LogP contribution in [0.3, 0.4) is 0 Å². The number of aryl methyl sites for hydroxylation is 1. The van der Waals surface area contributed by atoms with Crippen molar-refractivity contribution in [2.75, 3.05) is 0 Å². The predicted octanol–water partition coefficient (Wildman–Crippen LogP) is 0.107. The molecule has 2 aliphatic rings. The van der Waals surface area contributed by atoms with E-state index in [-0.39, 0.29) is 18.3 Å². The summed E-state index contributed by atoms with van der Waals surface area (Å²) in [6, 6.07) is 4.47. The molecule has 6 heteroatoms.